The Labute approximate surface area is 89.1 Å². The van der Waals surface area contributed by atoms with Crippen LogP contribution in [0.5, 0.6) is 0 Å². The molecule has 0 aliphatic rings. The Hall–Kier alpha value is -1.21. The Balaban J connectivity index is 3.36. The van der Waals surface area contributed by atoms with E-state index in [4.69, 9.17) is 5.73 Å². The maximum Gasteiger partial charge on any atom is 0.226 e. The largest absolute Gasteiger partial charge is 0.347 e. The second kappa shape index (κ2) is 4.11. The van der Waals surface area contributed by atoms with E-state index in [-0.39, 0.29) is 11.6 Å². The first kappa shape index (κ1) is 11.9. The lowest BCUT2D eigenvalue weighted by atomic mass is 10.4. The van der Waals surface area contributed by atoms with Crippen molar-refractivity contribution in [3.63, 3.8) is 0 Å². The lowest BCUT2D eigenvalue weighted by Gasteiger charge is -2.12. The molecule has 0 aliphatic heterocycles. The lowest BCUT2D eigenvalue weighted by molar-refractivity contribution is 0.597. The zero-order valence-corrected chi connectivity index (χ0v) is 9.74. The van der Waals surface area contributed by atoms with Crippen LogP contribution in [0.3, 0.4) is 0 Å². The number of sulfone groups is 1. The molecule has 0 spiro atoms. The van der Waals surface area contributed by atoms with Crippen LogP contribution in [0.4, 0.5) is 5.95 Å². The van der Waals surface area contributed by atoms with E-state index in [9.17, 15) is 8.42 Å². The van der Waals surface area contributed by atoms with Crippen LogP contribution in [0, 0.1) is 0 Å². The van der Waals surface area contributed by atoms with Crippen molar-refractivity contribution in [3.05, 3.63) is 11.8 Å². The number of anilines is 1. The van der Waals surface area contributed by atoms with Gasteiger partial charge in [0.15, 0.2) is 14.9 Å². The van der Waals surface area contributed by atoms with Gasteiger partial charge in [0, 0.05) is 26.9 Å². The minimum atomic E-state index is -3.32. The fourth-order valence-electron chi connectivity index (χ4n) is 0.954. The fourth-order valence-corrected chi connectivity index (χ4v) is 1.55. The van der Waals surface area contributed by atoms with Gasteiger partial charge in [0.1, 0.15) is 0 Å². The molecule has 15 heavy (non-hydrogen) atoms. The molecule has 1 aromatic heterocycles. The van der Waals surface area contributed by atoms with Gasteiger partial charge in [-0.15, -0.1) is 0 Å². The molecule has 1 rings (SSSR count). The van der Waals surface area contributed by atoms with Crippen LogP contribution in [0.15, 0.2) is 11.1 Å². The number of nitrogens with zero attached hydrogens (tertiary/aromatic N) is 3. The predicted octanol–water partition coefficient (Wildman–Crippen LogP) is -0.595. The maximum absolute atomic E-state index is 11.3. The molecule has 84 valence electrons. The number of rotatable bonds is 3. The van der Waals surface area contributed by atoms with Crippen LogP contribution >= 0.6 is 0 Å². The predicted molar refractivity (Wildman–Crippen MR) is 57.4 cm³/mol. The molecule has 0 unspecified atom stereocenters. The molecule has 0 aliphatic carbocycles. The highest BCUT2D eigenvalue weighted by Crippen LogP contribution is 2.12. The quantitative estimate of drug-likeness (QED) is 0.698. The summed E-state index contributed by atoms with van der Waals surface area (Å²) in [4.78, 5) is 9.65. The average molecular weight is 230 g/mol. The van der Waals surface area contributed by atoms with E-state index < -0.39 is 9.84 Å². The van der Waals surface area contributed by atoms with Crippen molar-refractivity contribution in [1.29, 1.82) is 0 Å². The van der Waals surface area contributed by atoms with Crippen molar-refractivity contribution in [2.24, 2.45) is 5.73 Å². The maximum atomic E-state index is 11.3. The van der Waals surface area contributed by atoms with E-state index >= 15 is 0 Å². The molecule has 0 radical (unpaired) electrons. The first-order chi connectivity index (χ1) is 6.84. The van der Waals surface area contributed by atoms with E-state index in [0.717, 1.165) is 6.26 Å². The molecule has 0 saturated carbocycles. The first-order valence-electron chi connectivity index (χ1n) is 4.30. The minimum Gasteiger partial charge on any atom is -0.347 e. The summed E-state index contributed by atoms with van der Waals surface area (Å²) in [6, 6.07) is 1.39. The Kier molecular flexibility index (Phi) is 3.25. The van der Waals surface area contributed by atoms with Crippen molar-refractivity contribution in [2.45, 2.75) is 11.6 Å². The third-order valence-corrected chi connectivity index (χ3v) is 2.70. The zero-order valence-electron chi connectivity index (χ0n) is 8.93. The number of hydrogen-bond donors (Lipinski definition) is 1. The lowest BCUT2D eigenvalue weighted by Crippen LogP contribution is -2.17. The Bertz CT molecular complexity index is 456. The second-order valence-corrected chi connectivity index (χ2v) is 5.33. The third kappa shape index (κ3) is 2.87. The van der Waals surface area contributed by atoms with E-state index in [1.807, 2.05) is 0 Å². The van der Waals surface area contributed by atoms with E-state index in [1.54, 1.807) is 19.0 Å². The highest BCUT2D eigenvalue weighted by Gasteiger charge is 2.13. The van der Waals surface area contributed by atoms with Crippen LogP contribution in [0.25, 0.3) is 0 Å². The molecule has 2 N–H and O–H groups in total. The summed E-state index contributed by atoms with van der Waals surface area (Å²) in [6.45, 7) is 0.186. The van der Waals surface area contributed by atoms with E-state index in [2.05, 4.69) is 9.97 Å². The first-order valence-corrected chi connectivity index (χ1v) is 6.19. The SMILES string of the molecule is CN(C)c1nc(CN)cc(S(C)(=O)=O)n1. The van der Waals surface area contributed by atoms with Crippen molar-refractivity contribution in [2.75, 3.05) is 25.3 Å². The van der Waals surface area contributed by atoms with Crippen LogP contribution in [0.1, 0.15) is 5.69 Å². The Morgan fingerprint density at radius 1 is 1.40 bits per heavy atom. The molecule has 0 bridgehead atoms. The normalized spacial score (nSPS) is 11.5. The summed E-state index contributed by atoms with van der Waals surface area (Å²) in [5, 5.41) is 0.00153. The van der Waals surface area contributed by atoms with Crippen LogP contribution in [0.2, 0.25) is 0 Å². The summed E-state index contributed by atoms with van der Waals surface area (Å²) in [5.74, 6) is 0.346. The molecular formula is C8H14N4O2S. The molecule has 0 atom stereocenters. The molecule has 1 aromatic rings. The summed E-state index contributed by atoms with van der Waals surface area (Å²) in [5.41, 5.74) is 5.94. The topological polar surface area (TPSA) is 89.2 Å². The van der Waals surface area contributed by atoms with Gasteiger partial charge < -0.3 is 10.6 Å². The minimum absolute atomic E-state index is 0.00153. The van der Waals surface area contributed by atoms with Crippen LogP contribution < -0.4 is 10.6 Å². The summed E-state index contributed by atoms with van der Waals surface area (Å²) >= 11 is 0. The van der Waals surface area contributed by atoms with Gasteiger partial charge in [-0.25, -0.2) is 18.4 Å². The average Bonchev–Trinajstić information content (AvgIpc) is 2.15. The smallest absolute Gasteiger partial charge is 0.226 e. The van der Waals surface area contributed by atoms with Crippen LogP contribution in [-0.4, -0.2) is 38.7 Å². The van der Waals surface area contributed by atoms with Gasteiger partial charge in [-0.3, -0.25) is 0 Å². The molecule has 0 amide bonds. The van der Waals surface area contributed by atoms with E-state index in [1.165, 1.54) is 6.07 Å². The molecular weight excluding hydrogens is 216 g/mol. The molecule has 6 nitrogen and oxygen atoms in total. The van der Waals surface area contributed by atoms with Gasteiger partial charge in [-0.05, 0) is 6.07 Å². The molecule has 0 fully saturated rings. The molecule has 0 saturated heterocycles. The van der Waals surface area contributed by atoms with Gasteiger partial charge >= 0.3 is 0 Å². The number of nitrogens with two attached hydrogens (primary N) is 1. The van der Waals surface area contributed by atoms with Gasteiger partial charge in [-0.2, -0.15) is 0 Å². The monoisotopic (exact) mass is 230 g/mol. The Morgan fingerprint density at radius 3 is 2.40 bits per heavy atom. The number of aromatic nitrogens is 2. The van der Waals surface area contributed by atoms with Gasteiger partial charge in [0.2, 0.25) is 5.95 Å². The zero-order chi connectivity index (χ0) is 11.6. The Morgan fingerprint density at radius 2 is 2.00 bits per heavy atom. The fraction of sp³-hybridized carbons (Fsp3) is 0.500. The highest BCUT2D eigenvalue weighted by molar-refractivity contribution is 7.90. The summed E-state index contributed by atoms with van der Waals surface area (Å²) < 4.78 is 22.7. The standard InChI is InChI=1S/C8H14N4O2S/c1-12(2)8-10-6(5-9)4-7(11-8)15(3,13)14/h4H,5,9H2,1-3H3. The molecule has 7 heteroatoms. The summed E-state index contributed by atoms with van der Waals surface area (Å²) in [7, 11) is 0.151. The van der Waals surface area contributed by atoms with Crippen molar-refractivity contribution < 1.29 is 8.42 Å². The molecule has 1 heterocycles. The van der Waals surface area contributed by atoms with Crippen LogP contribution in [-0.2, 0) is 16.4 Å². The second-order valence-electron chi connectivity index (χ2n) is 3.37. The molecule has 0 aromatic carbocycles. The van der Waals surface area contributed by atoms with Crippen molar-refractivity contribution in [1.82, 2.24) is 9.97 Å². The third-order valence-electron chi connectivity index (χ3n) is 1.73. The summed E-state index contributed by atoms with van der Waals surface area (Å²) in [6.07, 6.45) is 1.11. The van der Waals surface area contributed by atoms with Crippen molar-refractivity contribution >= 4 is 15.8 Å². The number of hydrogen-bond acceptors (Lipinski definition) is 6. The van der Waals surface area contributed by atoms with Gasteiger partial charge in [0.05, 0.1) is 5.69 Å². The van der Waals surface area contributed by atoms with Gasteiger partial charge in [0.25, 0.3) is 0 Å². The van der Waals surface area contributed by atoms with Crippen molar-refractivity contribution in [3.8, 4) is 0 Å². The van der Waals surface area contributed by atoms with E-state index in [0.29, 0.717) is 11.6 Å². The highest BCUT2D eigenvalue weighted by atomic mass is 32.2. The van der Waals surface area contributed by atoms with Gasteiger partial charge in [-0.1, -0.05) is 0 Å².